The van der Waals surface area contributed by atoms with Crippen molar-refractivity contribution in [2.75, 3.05) is 0 Å². The van der Waals surface area contributed by atoms with E-state index in [4.69, 9.17) is 4.42 Å². The molecule has 0 fully saturated rings. The van der Waals surface area contributed by atoms with Crippen molar-refractivity contribution in [2.45, 2.75) is 43.5 Å². The first-order valence-corrected chi connectivity index (χ1v) is 8.91. The topological polar surface area (TPSA) is 42.2 Å². The Morgan fingerprint density at radius 2 is 1.90 bits per heavy atom. The second kappa shape index (κ2) is 6.90. The molecule has 0 bridgehead atoms. The van der Waals surface area contributed by atoms with Gasteiger partial charge in [-0.3, -0.25) is 4.21 Å². The molecule has 1 aromatic heterocycles. The lowest BCUT2D eigenvalue weighted by Gasteiger charge is -2.19. The average Bonchev–Trinajstić information content (AvgIpc) is 2.83. The largest absolute Gasteiger partial charge is 0.464 e. The predicted octanol–water partition coefficient (Wildman–Crippen LogP) is 4.24. The molecule has 1 unspecified atom stereocenters. The molecule has 2 aromatic rings. The van der Waals surface area contributed by atoms with Crippen molar-refractivity contribution in [2.24, 2.45) is 0 Å². The van der Waals surface area contributed by atoms with Crippen molar-refractivity contribution in [1.82, 2.24) is 5.32 Å². The smallest absolute Gasteiger partial charge is 0.118 e. The molecule has 1 atom stereocenters. The minimum absolute atomic E-state index is 0.0477. The van der Waals surface area contributed by atoms with Gasteiger partial charge in [-0.1, -0.05) is 22.0 Å². The van der Waals surface area contributed by atoms with E-state index in [0.717, 1.165) is 20.9 Å². The van der Waals surface area contributed by atoms with Crippen molar-refractivity contribution in [3.8, 4) is 0 Å². The summed E-state index contributed by atoms with van der Waals surface area (Å²) in [6.45, 7) is 7.00. The summed E-state index contributed by atoms with van der Waals surface area (Å²) in [5, 5.41) is 3.37. The minimum Gasteiger partial charge on any atom is -0.464 e. The fraction of sp³-hybridized carbons (Fsp3) is 0.375. The Morgan fingerprint density at radius 3 is 2.57 bits per heavy atom. The summed E-state index contributed by atoms with van der Waals surface area (Å²) in [5.74, 6) is 2.01. The molecular formula is C16H20BrNO2S. The standard InChI is InChI=1S/C16H20BrNO2S/c1-16(2,3)18-10-13-7-8-14(20-13)11-21(19)15-6-4-5-12(17)9-15/h4-9,18H,10-11H2,1-3H3. The van der Waals surface area contributed by atoms with Gasteiger partial charge in [0.05, 0.1) is 23.1 Å². The summed E-state index contributed by atoms with van der Waals surface area (Å²) < 4.78 is 19.0. The Balaban J connectivity index is 1.97. The van der Waals surface area contributed by atoms with Gasteiger partial charge in [-0.05, 0) is 51.1 Å². The molecule has 5 heteroatoms. The number of hydrogen-bond donors (Lipinski definition) is 1. The Bertz CT molecular complexity index is 631. The summed E-state index contributed by atoms with van der Waals surface area (Å²) in [5.41, 5.74) is 0.0477. The summed E-state index contributed by atoms with van der Waals surface area (Å²) in [6.07, 6.45) is 0. The molecule has 0 aliphatic heterocycles. The van der Waals surface area contributed by atoms with Crippen molar-refractivity contribution >= 4 is 26.7 Å². The quantitative estimate of drug-likeness (QED) is 0.856. The highest BCUT2D eigenvalue weighted by atomic mass is 79.9. The molecule has 114 valence electrons. The highest BCUT2D eigenvalue weighted by molar-refractivity contribution is 9.10. The molecule has 2 rings (SSSR count). The lowest BCUT2D eigenvalue weighted by Crippen LogP contribution is -2.34. The second-order valence-corrected chi connectivity index (χ2v) is 8.29. The van der Waals surface area contributed by atoms with Crippen LogP contribution in [0, 0.1) is 0 Å². The fourth-order valence-corrected chi connectivity index (χ4v) is 3.39. The molecule has 1 aromatic carbocycles. The molecule has 0 saturated carbocycles. The molecule has 1 N–H and O–H groups in total. The van der Waals surface area contributed by atoms with Crippen LogP contribution in [0.15, 0.2) is 50.2 Å². The van der Waals surface area contributed by atoms with Gasteiger partial charge in [-0.15, -0.1) is 0 Å². The van der Waals surface area contributed by atoms with E-state index in [1.165, 1.54) is 0 Å². The van der Waals surface area contributed by atoms with E-state index in [9.17, 15) is 4.21 Å². The lowest BCUT2D eigenvalue weighted by atomic mass is 10.1. The van der Waals surface area contributed by atoms with Crippen molar-refractivity contribution in [3.63, 3.8) is 0 Å². The Morgan fingerprint density at radius 1 is 1.19 bits per heavy atom. The van der Waals surface area contributed by atoms with E-state index >= 15 is 0 Å². The van der Waals surface area contributed by atoms with Crippen LogP contribution in [0.3, 0.4) is 0 Å². The zero-order valence-electron chi connectivity index (χ0n) is 12.5. The van der Waals surface area contributed by atoms with Gasteiger partial charge >= 0.3 is 0 Å². The SMILES string of the molecule is CC(C)(C)NCc1ccc(CS(=O)c2cccc(Br)c2)o1. The van der Waals surface area contributed by atoms with E-state index in [0.29, 0.717) is 12.3 Å². The minimum atomic E-state index is -1.10. The molecule has 0 spiro atoms. The van der Waals surface area contributed by atoms with Crippen LogP contribution < -0.4 is 5.32 Å². The molecule has 1 heterocycles. The maximum atomic E-state index is 12.3. The number of furan rings is 1. The average molecular weight is 370 g/mol. The van der Waals surface area contributed by atoms with Crippen LogP contribution in [0.4, 0.5) is 0 Å². The Hall–Kier alpha value is -0.910. The summed E-state index contributed by atoms with van der Waals surface area (Å²) in [4.78, 5) is 0.801. The first-order valence-electron chi connectivity index (χ1n) is 6.80. The number of hydrogen-bond acceptors (Lipinski definition) is 3. The first-order chi connectivity index (χ1) is 9.83. The Labute approximate surface area is 136 Å². The molecule has 0 amide bonds. The fourth-order valence-electron chi connectivity index (χ4n) is 1.77. The van der Waals surface area contributed by atoms with Crippen LogP contribution in [0.2, 0.25) is 0 Å². The normalized spacial score (nSPS) is 13.3. The zero-order valence-corrected chi connectivity index (χ0v) is 14.9. The van der Waals surface area contributed by atoms with Gasteiger partial charge in [0.15, 0.2) is 0 Å². The van der Waals surface area contributed by atoms with Crippen molar-refractivity contribution < 1.29 is 8.63 Å². The van der Waals surface area contributed by atoms with Gasteiger partial charge in [0.25, 0.3) is 0 Å². The third kappa shape index (κ3) is 5.41. The Kier molecular flexibility index (Phi) is 5.41. The molecule has 0 radical (unpaired) electrons. The van der Waals surface area contributed by atoms with Crippen LogP contribution >= 0.6 is 15.9 Å². The van der Waals surface area contributed by atoms with Gasteiger partial charge < -0.3 is 9.73 Å². The van der Waals surface area contributed by atoms with Gasteiger partial charge in [0, 0.05) is 14.9 Å². The molecule has 0 aliphatic carbocycles. The number of benzene rings is 1. The zero-order chi connectivity index (χ0) is 15.5. The highest BCUT2D eigenvalue weighted by Gasteiger charge is 2.12. The number of halogens is 1. The maximum Gasteiger partial charge on any atom is 0.118 e. The molecule has 3 nitrogen and oxygen atoms in total. The second-order valence-electron chi connectivity index (χ2n) is 5.92. The molecule has 0 saturated heterocycles. The van der Waals surface area contributed by atoms with Crippen LogP contribution in [0.5, 0.6) is 0 Å². The molecular weight excluding hydrogens is 350 g/mol. The van der Waals surface area contributed by atoms with E-state index in [2.05, 4.69) is 42.0 Å². The van der Waals surface area contributed by atoms with Gasteiger partial charge in [0.2, 0.25) is 0 Å². The molecule has 21 heavy (non-hydrogen) atoms. The first kappa shape index (κ1) is 16.5. The van der Waals surface area contributed by atoms with Crippen LogP contribution in [-0.4, -0.2) is 9.75 Å². The van der Waals surface area contributed by atoms with Crippen LogP contribution in [-0.2, 0) is 23.1 Å². The monoisotopic (exact) mass is 369 g/mol. The third-order valence-electron chi connectivity index (χ3n) is 2.84. The van der Waals surface area contributed by atoms with E-state index in [1.807, 2.05) is 36.4 Å². The van der Waals surface area contributed by atoms with Crippen molar-refractivity contribution in [3.05, 3.63) is 52.4 Å². The van der Waals surface area contributed by atoms with E-state index < -0.39 is 10.8 Å². The van der Waals surface area contributed by atoms with Gasteiger partial charge in [0.1, 0.15) is 11.5 Å². The maximum absolute atomic E-state index is 12.3. The van der Waals surface area contributed by atoms with E-state index in [1.54, 1.807) is 0 Å². The summed E-state index contributed by atoms with van der Waals surface area (Å²) in [6, 6.07) is 11.4. The van der Waals surface area contributed by atoms with Gasteiger partial charge in [-0.2, -0.15) is 0 Å². The van der Waals surface area contributed by atoms with E-state index in [-0.39, 0.29) is 5.54 Å². The number of nitrogens with one attached hydrogen (secondary N) is 1. The third-order valence-corrected chi connectivity index (χ3v) is 4.66. The highest BCUT2D eigenvalue weighted by Crippen LogP contribution is 2.18. The van der Waals surface area contributed by atoms with Crippen LogP contribution in [0.1, 0.15) is 32.3 Å². The predicted molar refractivity (Wildman–Crippen MR) is 89.6 cm³/mol. The molecule has 0 aliphatic rings. The van der Waals surface area contributed by atoms with Crippen molar-refractivity contribution in [1.29, 1.82) is 0 Å². The van der Waals surface area contributed by atoms with Crippen LogP contribution in [0.25, 0.3) is 0 Å². The number of rotatable bonds is 5. The summed E-state index contributed by atoms with van der Waals surface area (Å²) in [7, 11) is -1.10. The summed E-state index contributed by atoms with van der Waals surface area (Å²) >= 11 is 3.39. The lowest BCUT2D eigenvalue weighted by molar-refractivity contribution is 0.382. The van der Waals surface area contributed by atoms with Gasteiger partial charge in [-0.25, -0.2) is 0 Å².